The molecular weight excluding hydrogens is 569 g/mol. The first kappa shape index (κ1) is 26.3. The van der Waals surface area contributed by atoms with Crippen LogP contribution in [0.25, 0.3) is 0 Å². The maximum Gasteiger partial charge on any atom is 0 e. The second-order valence-corrected chi connectivity index (χ2v) is 13.8. The molecule has 3 aliphatic carbocycles. The van der Waals surface area contributed by atoms with Crippen molar-refractivity contribution < 1.29 is 35.2 Å². The van der Waals surface area contributed by atoms with Gasteiger partial charge in [0.1, 0.15) is 0 Å². The Morgan fingerprint density at radius 1 is 0.655 bits per heavy atom. The van der Waals surface area contributed by atoms with Crippen LogP contribution in [0, 0.1) is 0 Å². The zero-order chi connectivity index (χ0) is 19.4. The molecule has 3 aliphatic rings. The van der Waals surface area contributed by atoms with Crippen LogP contribution in [0.2, 0.25) is 0 Å². The molecule has 4 rings (SSSR count). The standard InChI is InChI=1S/C18H33P.C7H6.ClH.2Ru/c1-4-10-16(11-5-1)19(17-12-6-2-7-13-17)18-14-8-3-9-15-18;1-7-5-3-2-4-6-7;;;/h16-18H,1-15H2;1-6H;1H;;/q;;;;+1/p-1. The Balaban J connectivity index is 0.000000255. The molecule has 0 atom stereocenters. The van der Waals surface area contributed by atoms with E-state index in [9.17, 15) is 0 Å². The van der Waals surface area contributed by atoms with E-state index in [1.807, 2.05) is 18.2 Å². The average molecular weight is 608 g/mol. The Kier molecular flexibility index (Phi) is 14.3. The normalized spacial score (nSPS) is 22.4. The third kappa shape index (κ3) is 9.21. The van der Waals surface area contributed by atoms with Crippen molar-refractivity contribution in [2.24, 2.45) is 0 Å². The number of benzene rings is 1. The van der Waals surface area contributed by atoms with Gasteiger partial charge in [0.15, 0.2) is 0 Å². The van der Waals surface area contributed by atoms with E-state index >= 15 is 0 Å². The Morgan fingerprint density at radius 3 is 1.38 bits per heavy atom. The summed E-state index contributed by atoms with van der Waals surface area (Å²) in [5.74, 6) is 0. The van der Waals surface area contributed by atoms with Gasteiger partial charge in [-0.05, 0) is 55.5 Å². The van der Waals surface area contributed by atoms with Crippen LogP contribution in [0.15, 0.2) is 30.3 Å². The third-order valence-electron chi connectivity index (χ3n) is 6.94. The molecule has 167 valence electrons. The Morgan fingerprint density at radius 2 is 1.03 bits per heavy atom. The van der Waals surface area contributed by atoms with Crippen LogP contribution in [0.4, 0.5) is 0 Å². The summed E-state index contributed by atoms with van der Waals surface area (Å²) in [5, 5.41) is 0. The van der Waals surface area contributed by atoms with Crippen LogP contribution in [-0.4, -0.2) is 21.6 Å². The van der Waals surface area contributed by atoms with Gasteiger partial charge >= 0.3 is 65.9 Å². The summed E-state index contributed by atoms with van der Waals surface area (Å²) in [4.78, 5) is 0. The van der Waals surface area contributed by atoms with E-state index in [4.69, 9.17) is 9.69 Å². The largest absolute Gasteiger partial charge is 0 e. The van der Waals surface area contributed by atoms with Crippen molar-refractivity contribution in [1.82, 2.24) is 0 Å². The van der Waals surface area contributed by atoms with E-state index in [2.05, 4.69) is 16.7 Å². The predicted molar refractivity (Wildman–Crippen MR) is 125 cm³/mol. The van der Waals surface area contributed by atoms with E-state index in [0.717, 1.165) is 0 Å². The molecule has 1 aromatic carbocycles. The molecule has 0 saturated heterocycles. The van der Waals surface area contributed by atoms with Crippen molar-refractivity contribution in [1.29, 1.82) is 0 Å². The molecule has 3 saturated carbocycles. The van der Waals surface area contributed by atoms with E-state index in [0.29, 0.717) is 7.92 Å². The topological polar surface area (TPSA) is 0 Å². The van der Waals surface area contributed by atoms with Crippen molar-refractivity contribution in [3.63, 3.8) is 0 Å². The molecule has 0 amide bonds. The molecule has 0 unspecified atom stereocenters. The van der Waals surface area contributed by atoms with Crippen molar-refractivity contribution in [3.8, 4) is 0 Å². The monoisotopic (exact) mass is 609 g/mol. The van der Waals surface area contributed by atoms with Gasteiger partial charge in [-0.25, -0.2) is 0 Å². The summed E-state index contributed by atoms with van der Waals surface area (Å²) < 4.78 is 2.06. The summed E-state index contributed by atoms with van der Waals surface area (Å²) in [7, 11) is 5.96. The number of hydrogen-bond acceptors (Lipinski definition) is 0. The molecule has 1 aromatic rings. The van der Waals surface area contributed by atoms with Crippen molar-refractivity contribution >= 4 is 22.2 Å². The minimum absolute atomic E-state index is 0. The van der Waals surface area contributed by atoms with Crippen molar-refractivity contribution in [3.05, 3.63) is 35.9 Å². The van der Waals surface area contributed by atoms with E-state index in [1.54, 1.807) is 77.0 Å². The van der Waals surface area contributed by atoms with Gasteiger partial charge in [0, 0.05) is 19.5 Å². The van der Waals surface area contributed by atoms with Crippen LogP contribution in [0.5, 0.6) is 0 Å². The Bertz CT molecular complexity index is 504. The van der Waals surface area contributed by atoms with E-state index < -0.39 is 0 Å². The van der Waals surface area contributed by atoms with Crippen LogP contribution in [0.1, 0.15) is 102 Å². The summed E-state index contributed by atoms with van der Waals surface area (Å²) in [6, 6.07) is 10.1. The summed E-state index contributed by atoms with van der Waals surface area (Å²) in [6.45, 7) is 0. The van der Waals surface area contributed by atoms with Gasteiger partial charge in [0.2, 0.25) is 0 Å². The van der Waals surface area contributed by atoms with Gasteiger partial charge in [-0.1, -0.05) is 65.7 Å². The molecule has 29 heavy (non-hydrogen) atoms. The first-order valence-corrected chi connectivity index (χ1v) is 16.6. The van der Waals surface area contributed by atoms with Crippen LogP contribution in [0.3, 0.4) is 0 Å². The molecule has 0 radical (unpaired) electrons. The average Bonchev–Trinajstić information content (AvgIpc) is 2.78. The fraction of sp³-hybridized carbons (Fsp3) is 0.720. The predicted octanol–water partition coefficient (Wildman–Crippen LogP) is 8.54. The summed E-state index contributed by atoms with van der Waals surface area (Å²) in [5.41, 5.74) is 4.80. The van der Waals surface area contributed by atoms with Gasteiger partial charge in [0.05, 0.1) is 0 Å². The zero-order valence-electron chi connectivity index (χ0n) is 17.8. The molecule has 0 aliphatic heterocycles. The molecule has 4 heteroatoms. The molecule has 0 bridgehead atoms. The smallest absolute Gasteiger partial charge is 0 e. The Hall–Kier alpha value is 1.06. The molecule has 0 aromatic heterocycles. The third-order valence-corrected chi connectivity index (χ3v) is 12.2. The molecule has 0 heterocycles. The van der Waals surface area contributed by atoms with Gasteiger partial charge in [-0.3, -0.25) is 0 Å². The fourth-order valence-electron chi connectivity index (χ4n) is 5.60. The quantitative estimate of drug-likeness (QED) is 0.238. The molecule has 0 spiro atoms. The first-order valence-electron chi connectivity index (χ1n) is 11.8. The zero-order valence-corrected chi connectivity index (χ0v) is 23.0. The molecular formula is C25H39ClPRu2. The minimum atomic E-state index is -0.0765. The maximum absolute atomic E-state index is 5.57. The van der Waals surface area contributed by atoms with Gasteiger partial charge in [-0.2, -0.15) is 0 Å². The molecule has 0 N–H and O–H groups in total. The first-order chi connectivity index (χ1) is 13.9. The number of rotatable bonds is 4. The second-order valence-electron chi connectivity index (χ2n) is 8.91. The van der Waals surface area contributed by atoms with Crippen molar-refractivity contribution in [2.75, 3.05) is 0 Å². The van der Waals surface area contributed by atoms with Gasteiger partial charge < -0.3 is 0 Å². The molecule has 3 fully saturated rings. The van der Waals surface area contributed by atoms with E-state index in [-0.39, 0.29) is 35.2 Å². The maximum atomic E-state index is 5.57. The van der Waals surface area contributed by atoms with Crippen LogP contribution < -0.4 is 0 Å². The summed E-state index contributed by atoms with van der Waals surface area (Å²) >= 11 is -0.0765. The van der Waals surface area contributed by atoms with Gasteiger partial charge in [-0.15, -0.1) is 0 Å². The molecule has 0 nitrogen and oxygen atoms in total. The SMILES string of the molecule is C1CCC(P(C2CCCCC2)C2CCCCC2)CC1.[Cl][Ru]=[CH]c1ccccc1.[Ru]. The summed E-state index contributed by atoms with van der Waals surface area (Å²) in [6.07, 6.45) is 23.6. The number of halogens is 1. The van der Waals surface area contributed by atoms with Crippen LogP contribution >= 0.6 is 17.6 Å². The van der Waals surface area contributed by atoms with Crippen LogP contribution in [-0.2, 0) is 35.2 Å². The van der Waals surface area contributed by atoms with Crippen molar-refractivity contribution in [2.45, 2.75) is 113 Å². The second kappa shape index (κ2) is 15.8. The van der Waals surface area contributed by atoms with E-state index in [1.165, 1.54) is 41.8 Å². The Labute approximate surface area is 205 Å². The van der Waals surface area contributed by atoms with Gasteiger partial charge in [0.25, 0.3) is 0 Å². The minimum Gasteiger partial charge on any atom is 0 e. The fourth-order valence-corrected chi connectivity index (χ4v) is 11.4. The number of hydrogen-bond donors (Lipinski definition) is 0.